The maximum atomic E-state index is 13.0. The normalized spacial score (nSPS) is 12.8. The molecule has 1 aliphatic rings. The summed E-state index contributed by atoms with van der Waals surface area (Å²) in [6.07, 6.45) is 4.69. The van der Waals surface area contributed by atoms with Crippen LogP contribution in [0.3, 0.4) is 0 Å². The van der Waals surface area contributed by atoms with E-state index in [1.165, 1.54) is 6.92 Å². The number of rotatable bonds is 13. The Labute approximate surface area is 238 Å². The minimum Gasteiger partial charge on any atom is -0.493 e. The molecule has 2 amide bonds. The van der Waals surface area contributed by atoms with Gasteiger partial charge in [-0.25, -0.2) is 0 Å². The molecule has 1 saturated carbocycles. The smallest absolute Gasteiger partial charge is 0.302 e. The molecule has 40 heavy (non-hydrogen) atoms. The lowest BCUT2D eigenvalue weighted by Crippen LogP contribution is -2.36. The zero-order chi connectivity index (χ0) is 28.3. The van der Waals surface area contributed by atoms with Gasteiger partial charge in [0.15, 0.2) is 0 Å². The lowest BCUT2D eigenvalue weighted by atomic mass is 10.1. The van der Waals surface area contributed by atoms with Gasteiger partial charge in [0.2, 0.25) is 0 Å². The highest BCUT2D eigenvalue weighted by molar-refractivity contribution is 6.30. The van der Waals surface area contributed by atoms with Crippen molar-refractivity contribution in [3.63, 3.8) is 0 Å². The van der Waals surface area contributed by atoms with Gasteiger partial charge in [0.25, 0.3) is 11.8 Å². The average Bonchev–Trinajstić information content (AvgIpc) is 3.77. The molecule has 1 aliphatic carbocycles. The fraction of sp³-hybridized carbons (Fsp3) is 0.258. The number of carbonyl (C=O) groups excluding carboxylic acids is 3. The summed E-state index contributed by atoms with van der Waals surface area (Å²) in [6, 6.07) is 21.5. The van der Waals surface area contributed by atoms with E-state index in [9.17, 15) is 14.4 Å². The number of carbonyl (C=O) groups is 3. The van der Waals surface area contributed by atoms with Crippen molar-refractivity contribution >= 4 is 35.5 Å². The summed E-state index contributed by atoms with van der Waals surface area (Å²) in [5.41, 5.74) is 2.22. The monoisotopic (exact) mass is 562 g/mol. The van der Waals surface area contributed by atoms with Gasteiger partial charge in [-0.2, -0.15) is 0 Å². The van der Waals surface area contributed by atoms with Crippen LogP contribution >= 0.6 is 11.6 Å². The summed E-state index contributed by atoms with van der Waals surface area (Å²) >= 11 is 5.92. The number of ether oxygens (including phenoxy) is 3. The predicted octanol–water partition coefficient (Wildman–Crippen LogP) is 4.95. The number of amides is 2. The third-order valence-electron chi connectivity index (χ3n) is 5.89. The zero-order valence-corrected chi connectivity index (χ0v) is 22.9. The SMILES string of the molecule is CC(=O)OCCNC(=O)C(=Cc1ccc(OC2CC2)cc1)NC(=O)c1ccc(OCCc2ccc(Cl)cc2)cc1. The summed E-state index contributed by atoms with van der Waals surface area (Å²) in [6.45, 7) is 1.88. The van der Waals surface area contributed by atoms with Crippen LogP contribution in [0.25, 0.3) is 6.08 Å². The second-order valence-electron chi connectivity index (χ2n) is 9.24. The quantitative estimate of drug-likeness (QED) is 0.173. The van der Waals surface area contributed by atoms with Gasteiger partial charge in [0, 0.05) is 23.9 Å². The number of halogens is 1. The van der Waals surface area contributed by atoms with Crippen molar-refractivity contribution in [2.24, 2.45) is 0 Å². The molecule has 0 unspecified atom stereocenters. The first-order valence-electron chi connectivity index (χ1n) is 13.0. The molecule has 0 radical (unpaired) electrons. The fourth-order valence-electron chi connectivity index (χ4n) is 3.64. The van der Waals surface area contributed by atoms with Crippen LogP contribution < -0.4 is 20.1 Å². The van der Waals surface area contributed by atoms with E-state index in [0.29, 0.717) is 34.9 Å². The molecule has 1 fully saturated rings. The summed E-state index contributed by atoms with van der Waals surface area (Å²) in [7, 11) is 0. The van der Waals surface area contributed by atoms with E-state index >= 15 is 0 Å². The van der Waals surface area contributed by atoms with E-state index in [2.05, 4.69) is 10.6 Å². The molecule has 0 aromatic heterocycles. The lowest BCUT2D eigenvalue weighted by Gasteiger charge is -2.12. The van der Waals surface area contributed by atoms with Crippen molar-refractivity contribution in [1.82, 2.24) is 10.6 Å². The van der Waals surface area contributed by atoms with Gasteiger partial charge >= 0.3 is 5.97 Å². The molecule has 8 nitrogen and oxygen atoms in total. The minimum absolute atomic E-state index is 0.0228. The number of hydrogen-bond donors (Lipinski definition) is 2. The Kier molecular flexibility index (Phi) is 10.2. The van der Waals surface area contributed by atoms with E-state index in [0.717, 1.165) is 24.2 Å². The van der Waals surface area contributed by atoms with Crippen molar-refractivity contribution in [3.05, 3.63) is 100 Å². The highest BCUT2D eigenvalue weighted by atomic mass is 35.5. The van der Waals surface area contributed by atoms with Crippen LogP contribution in [0.1, 0.15) is 41.3 Å². The first kappa shape index (κ1) is 28.7. The first-order valence-corrected chi connectivity index (χ1v) is 13.4. The van der Waals surface area contributed by atoms with Gasteiger partial charge in [-0.3, -0.25) is 14.4 Å². The van der Waals surface area contributed by atoms with Gasteiger partial charge in [0.05, 0.1) is 19.3 Å². The standard InChI is InChI=1S/C31H31ClN2O6/c1-21(35)38-19-17-33-31(37)29(20-23-4-10-27(11-5-23)40-28-14-15-28)34-30(36)24-6-12-26(13-7-24)39-18-16-22-2-8-25(32)9-3-22/h2-13,20,28H,14-19H2,1H3,(H,33,37)(H,34,36). The minimum atomic E-state index is -0.513. The van der Waals surface area contributed by atoms with Crippen LogP contribution in [0.5, 0.6) is 11.5 Å². The van der Waals surface area contributed by atoms with E-state index in [1.807, 2.05) is 48.5 Å². The van der Waals surface area contributed by atoms with E-state index in [4.69, 9.17) is 25.8 Å². The third-order valence-corrected chi connectivity index (χ3v) is 6.15. The summed E-state index contributed by atoms with van der Waals surface area (Å²) in [5.74, 6) is -0.0301. The van der Waals surface area contributed by atoms with Gasteiger partial charge in [-0.1, -0.05) is 35.9 Å². The lowest BCUT2D eigenvalue weighted by molar-refractivity contribution is -0.141. The Morgan fingerprint density at radius 1 is 0.900 bits per heavy atom. The molecule has 0 heterocycles. The summed E-state index contributed by atoms with van der Waals surface area (Å²) < 4.78 is 16.4. The van der Waals surface area contributed by atoms with E-state index in [1.54, 1.807) is 30.3 Å². The molecular weight excluding hydrogens is 532 g/mol. The second-order valence-corrected chi connectivity index (χ2v) is 9.68. The maximum Gasteiger partial charge on any atom is 0.302 e. The third kappa shape index (κ3) is 9.47. The first-order chi connectivity index (χ1) is 19.4. The number of esters is 1. The molecule has 0 spiro atoms. The van der Waals surface area contributed by atoms with Gasteiger partial charge in [0.1, 0.15) is 23.8 Å². The van der Waals surface area contributed by atoms with Crippen LogP contribution in [-0.2, 0) is 20.7 Å². The van der Waals surface area contributed by atoms with Crippen LogP contribution in [0, 0.1) is 0 Å². The number of benzene rings is 3. The second kappa shape index (κ2) is 14.2. The van der Waals surface area contributed by atoms with Crippen molar-refractivity contribution < 1.29 is 28.6 Å². The molecule has 3 aromatic carbocycles. The van der Waals surface area contributed by atoms with Gasteiger partial charge in [-0.15, -0.1) is 0 Å². The fourth-order valence-corrected chi connectivity index (χ4v) is 3.76. The van der Waals surface area contributed by atoms with Gasteiger partial charge < -0.3 is 24.8 Å². The summed E-state index contributed by atoms with van der Waals surface area (Å²) in [4.78, 5) is 36.9. The molecule has 0 bridgehead atoms. The molecule has 4 rings (SSSR count). The molecular formula is C31H31ClN2O6. The molecule has 2 N–H and O–H groups in total. The Balaban J connectivity index is 1.37. The summed E-state index contributed by atoms with van der Waals surface area (Å²) in [5, 5.41) is 6.04. The molecule has 0 aliphatic heterocycles. The van der Waals surface area contributed by atoms with Crippen molar-refractivity contribution in [2.45, 2.75) is 32.3 Å². The topological polar surface area (TPSA) is 103 Å². The molecule has 0 saturated heterocycles. The number of hydrogen-bond acceptors (Lipinski definition) is 6. The van der Waals surface area contributed by atoms with Crippen LogP contribution in [0.15, 0.2) is 78.5 Å². The van der Waals surface area contributed by atoms with Crippen LogP contribution in [0.4, 0.5) is 0 Å². The molecule has 0 atom stereocenters. The Morgan fingerprint density at radius 3 is 2.23 bits per heavy atom. The van der Waals surface area contributed by atoms with Gasteiger partial charge in [-0.05, 0) is 78.6 Å². The Morgan fingerprint density at radius 2 is 1.57 bits per heavy atom. The number of nitrogens with one attached hydrogen (secondary N) is 2. The van der Waals surface area contributed by atoms with Crippen molar-refractivity contribution in [2.75, 3.05) is 19.8 Å². The van der Waals surface area contributed by atoms with Crippen molar-refractivity contribution in [1.29, 1.82) is 0 Å². The van der Waals surface area contributed by atoms with Crippen LogP contribution in [-0.4, -0.2) is 43.6 Å². The Bertz CT molecular complexity index is 1330. The highest BCUT2D eigenvalue weighted by Crippen LogP contribution is 2.27. The van der Waals surface area contributed by atoms with Crippen molar-refractivity contribution in [3.8, 4) is 11.5 Å². The average molecular weight is 563 g/mol. The predicted molar refractivity (Wildman–Crippen MR) is 152 cm³/mol. The molecule has 3 aromatic rings. The van der Waals surface area contributed by atoms with E-state index < -0.39 is 17.8 Å². The zero-order valence-electron chi connectivity index (χ0n) is 22.2. The molecule has 208 valence electrons. The van der Waals surface area contributed by atoms with Crippen LogP contribution in [0.2, 0.25) is 5.02 Å². The Hall–Kier alpha value is -4.30. The molecule has 9 heteroatoms. The van der Waals surface area contributed by atoms with E-state index in [-0.39, 0.29) is 25.0 Å². The maximum absolute atomic E-state index is 13.0. The largest absolute Gasteiger partial charge is 0.493 e. The highest BCUT2D eigenvalue weighted by Gasteiger charge is 2.23.